The molecule has 1 aliphatic rings. The van der Waals surface area contributed by atoms with E-state index in [-0.39, 0.29) is 5.91 Å². The van der Waals surface area contributed by atoms with Gasteiger partial charge >= 0.3 is 0 Å². The molecule has 0 aliphatic carbocycles. The molecule has 0 atom stereocenters. The quantitative estimate of drug-likeness (QED) is 0.338. The molecule has 1 aliphatic heterocycles. The zero-order valence-electron chi connectivity index (χ0n) is 23.2. The van der Waals surface area contributed by atoms with E-state index in [1.807, 2.05) is 23.1 Å². The predicted octanol–water partition coefficient (Wildman–Crippen LogP) is 5.29. The second-order valence-electron chi connectivity index (χ2n) is 9.73. The van der Waals surface area contributed by atoms with Crippen molar-refractivity contribution >= 4 is 22.8 Å². The summed E-state index contributed by atoms with van der Waals surface area (Å²) in [5.74, 6) is 2.16. The molecule has 2 heterocycles. The fraction of sp³-hybridized carbons (Fsp3) is 0.323. The van der Waals surface area contributed by atoms with Gasteiger partial charge in [0.2, 0.25) is 5.75 Å². The first-order valence-electron chi connectivity index (χ1n) is 13.1. The standard InChI is InChI=1S/C31H34N4O4/c1-20-16-24-25(17-21(20)2)33-30(28(32-24)22-10-7-6-8-11-22)34-12-9-13-35(15-14-34)31(36)23-18-26(37-3)29(39-5)27(19-23)38-4/h6-8,10-11,16-19H,9,12-15H2,1-5H3. The molecule has 5 rings (SSSR count). The number of hydrogen-bond acceptors (Lipinski definition) is 7. The van der Waals surface area contributed by atoms with E-state index in [0.29, 0.717) is 42.4 Å². The van der Waals surface area contributed by atoms with Crippen molar-refractivity contribution in [1.29, 1.82) is 0 Å². The van der Waals surface area contributed by atoms with Gasteiger partial charge in [0.05, 0.1) is 32.4 Å². The van der Waals surface area contributed by atoms with Crippen molar-refractivity contribution in [2.24, 2.45) is 0 Å². The van der Waals surface area contributed by atoms with Gasteiger partial charge in [0, 0.05) is 37.3 Å². The van der Waals surface area contributed by atoms with Gasteiger partial charge in [0.25, 0.3) is 5.91 Å². The fourth-order valence-electron chi connectivity index (χ4n) is 5.03. The summed E-state index contributed by atoms with van der Waals surface area (Å²) in [5, 5.41) is 0. The maximum absolute atomic E-state index is 13.6. The minimum atomic E-state index is -0.0740. The van der Waals surface area contributed by atoms with Gasteiger partial charge in [-0.05, 0) is 55.7 Å². The molecule has 39 heavy (non-hydrogen) atoms. The maximum Gasteiger partial charge on any atom is 0.254 e. The molecule has 0 unspecified atom stereocenters. The van der Waals surface area contributed by atoms with Crippen LogP contribution < -0.4 is 19.1 Å². The van der Waals surface area contributed by atoms with Gasteiger partial charge < -0.3 is 24.0 Å². The molecule has 0 N–H and O–H groups in total. The van der Waals surface area contributed by atoms with Gasteiger partial charge in [0.1, 0.15) is 5.69 Å². The lowest BCUT2D eigenvalue weighted by Gasteiger charge is -2.25. The lowest BCUT2D eigenvalue weighted by Crippen LogP contribution is -2.35. The topological polar surface area (TPSA) is 77.0 Å². The van der Waals surface area contributed by atoms with Gasteiger partial charge in [-0.1, -0.05) is 30.3 Å². The summed E-state index contributed by atoms with van der Waals surface area (Å²) in [7, 11) is 4.65. The molecule has 8 nitrogen and oxygen atoms in total. The van der Waals surface area contributed by atoms with E-state index in [1.54, 1.807) is 33.5 Å². The van der Waals surface area contributed by atoms with Crippen molar-refractivity contribution in [2.75, 3.05) is 52.4 Å². The predicted molar refractivity (Wildman–Crippen MR) is 153 cm³/mol. The molecule has 1 saturated heterocycles. The molecule has 0 saturated carbocycles. The number of fused-ring (bicyclic) bond motifs is 1. The fourth-order valence-corrected chi connectivity index (χ4v) is 5.03. The van der Waals surface area contributed by atoms with Gasteiger partial charge in [-0.2, -0.15) is 0 Å². The Hall–Kier alpha value is -4.33. The molecule has 3 aromatic carbocycles. The number of hydrogen-bond donors (Lipinski definition) is 0. The highest BCUT2D eigenvalue weighted by Crippen LogP contribution is 2.38. The van der Waals surface area contributed by atoms with Crippen LogP contribution in [0, 0.1) is 13.8 Å². The van der Waals surface area contributed by atoms with Crippen LogP contribution in [0.4, 0.5) is 5.82 Å². The summed E-state index contributed by atoms with van der Waals surface area (Å²) in [6, 6.07) is 17.8. The minimum absolute atomic E-state index is 0.0740. The number of rotatable bonds is 6. The summed E-state index contributed by atoms with van der Waals surface area (Å²) in [6.07, 6.45) is 0.803. The third kappa shape index (κ3) is 5.19. The van der Waals surface area contributed by atoms with Crippen LogP contribution in [0.25, 0.3) is 22.3 Å². The normalized spacial score (nSPS) is 13.8. The summed E-state index contributed by atoms with van der Waals surface area (Å²) in [5.41, 5.74) is 6.52. The molecular formula is C31H34N4O4. The average molecular weight is 527 g/mol. The minimum Gasteiger partial charge on any atom is -0.493 e. The van der Waals surface area contributed by atoms with Crippen LogP contribution in [0.5, 0.6) is 17.2 Å². The highest BCUT2D eigenvalue weighted by Gasteiger charge is 2.26. The van der Waals surface area contributed by atoms with Gasteiger partial charge in [-0.3, -0.25) is 4.79 Å². The first kappa shape index (κ1) is 26.3. The Morgan fingerprint density at radius 3 is 2.03 bits per heavy atom. The molecule has 0 bridgehead atoms. The number of anilines is 1. The van der Waals surface area contributed by atoms with E-state index in [9.17, 15) is 4.79 Å². The molecule has 4 aromatic rings. The Morgan fingerprint density at radius 1 is 0.769 bits per heavy atom. The van der Waals surface area contributed by atoms with E-state index in [1.165, 1.54) is 11.1 Å². The summed E-state index contributed by atoms with van der Waals surface area (Å²) >= 11 is 0. The summed E-state index contributed by atoms with van der Waals surface area (Å²) < 4.78 is 16.3. The molecule has 202 valence electrons. The van der Waals surface area contributed by atoms with Crippen LogP contribution in [-0.2, 0) is 0 Å². The van der Waals surface area contributed by atoms with E-state index in [2.05, 4.69) is 43.0 Å². The average Bonchev–Trinajstić information content (AvgIpc) is 3.23. The van der Waals surface area contributed by atoms with E-state index < -0.39 is 0 Å². The number of amides is 1. The Kier molecular flexibility index (Phi) is 7.54. The molecule has 8 heteroatoms. The van der Waals surface area contributed by atoms with Crippen molar-refractivity contribution in [3.63, 3.8) is 0 Å². The van der Waals surface area contributed by atoms with Crippen LogP contribution in [0.15, 0.2) is 54.6 Å². The highest BCUT2D eigenvalue weighted by atomic mass is 16.5. The number of aryl methyl sites for hydroxylation is 2. The molecule has 1 amide bonds. The third-order valence-electron chi connectivity index (χ3n) is 7.30. The van der Waals surface area contributed by atoms with Crippen LogP contribution >= 0.6 is 0 Å². The first-order valence-corrected chi connectivity index (χ1v) is 13.1. The number of aromatic nitrogens is 2. The lowest BCUT2D eigenvalue weighted by atomic mass is 10.1. The number of benzene rings is 3. The van der Waals surface area contributed by atoms with E-state index in [0.717, 1.165) is 41.1 Å². The number of ether oxygens (including phenoxy) is 3. The Morgan fingerprint density at radius 2 is 1.41 bits per heavy atom. The second-order valence-corrected chi connectivity index (χ2v) is 9.73. The highest BCUT2D eigenvalue weighted by molar-refractivity contribution is 5.96. The van der Waals surface area contributed by atoms with E-state index in [4.69, 9.17) is 24.2 Å². The van der Waals surface area contributed by atoms with Crippen LogP contribution in [-0.4, -0.2) is 68.3 Å². The molecule has 1 aromatic heterocycles. The van der Waals surface area contributed by atoms with Crippen LogP contribution in [0.2, 0.25) is 0 Å². The van der Waals surface area contributed by atoms with Crippen molar-refractivity contribution in [2.45, 2.75) is 20.3 Å². The maximum atomic E-state index is 13.6. The Balaban J connectivity index is 1.46. The van der Waals surface area contributed by atoms with Crippen molar-refractivity contribution in [3.8, 4) is 28.5 Å². The zero-order valence-corrected chi connectivity index (χ0v) is 23.2. The first-order chi connectivity index (χ1) is 18.9. The third-order valence-corrected chi connectivity index (χ3v) is 7.30. The van der Waals surface area contributed by atoms with Crippen molar-refractivity contribution < 1.29 is 19.0 Å². The smallest absolute Gasteiger partial charge is 0.254 e. The van der Waals surface area contributed by atoms with Crippen LogP contribution in [0.3, 0.4) is 0 Å². The molecule has 0 spiro atoms. The van der Waals surface area contributed by atoms with E-state index >= 15 is 0 Å². The number of methoxy groups -OCH3 is 3. The SMILES string of the molecule is COc1cc(C(=O)N2CCCN(c3nc4cc(C)c(C)cc4nc3-c3ccccc3)CC2)cc(OC)c1OC. The lowest BCUT2D eigenvalue weighted by molar-refractivity contribution is 0.0766. The summed E-state index contributed by atoms with van der Waals surface area (Å²) in [4.78, 5) is 27.9. The number of carbonyl (C=O) groups excluding carboxylic acids is 1. The molecule has 1 fully saturated rings. The Labute approximate surface area is 229 Å². The Bertz CT molecular complexity index is 1480. The zero-order chi connectivity index (χ0) is 27.5. The monoisotopic (exact) mass is 526 g/mol. The summed E-state index contributed by atoms with van der Waals surface area (Å²) in [6.45, 7) is 6.79. The second kappa shape index (κ2) is 11.2. The number of nitrogens with zero attached hydrogens (tertiary/aromatic N) is 4. The molecule has 0 radical (unpaired) electrons. The number of carbonyl (C=O) groups is 1. The largest absolute Gasteiger partial charge is 0.493 e. The van der Waals surface area contributed by atoms with Crippen molar-refractivity contribution in [1.82, 2.24) is 14.9 Å². The van der Waals surface area contributed by atoms with Gasteiger partial charge in [-0.25, -0.2) is 9.97 Å². The van der Waals surface area contributed by atoms with Crippen molar-refractivity contribution in [3.05, 3.63) is 71.3 Å². The molecular weight excluding hydrogens is 492 g/mol. The van der Waals surface area contributed by atoms with Gasteiger partial charge in [0.15, 0.2) is 17.3 Å². The van der Waals surface area contributed by atoms with Gasteiger partial charge in [-0.15, -0.1) is 0 Å². The van der Waals surface area contributed by atoms with Crippen LogP contribution in [0.1, 0.15) is 27.9 Å².